The molecule has 1 unspecified atom stereocenters. The van der Waals surface area contributed by atoms with E-state index in [1.54, 1.807) is 38.1 Å². The number of benzene rings is 1. The molecule has 0 saturated carbocycles. The second kappa shape index (κ2) is 6.28. The van der Waals surface area contributed by atoms with Crippen molar-refractivity contribution in [2.75, 3.05) is 11.4 Å². The van der Waals surface area contributed by atoms with Crippen LogP contribution in [-0.2, 0) is 0 Å². The molecular weight excluding hydrogens is 253 g/mol. The normalized spacial score (nSPS) is 13.7. The lowest BCUT2D eigenvalue weighted by atomic mass is 10.0. The van der Waals surface area contributed by atoms with Gasteiger partial charge in [0.15, 0.2) is 0 Å². The first-order valence-corrected chi connectivity index (χ1v) is 6.44. The van der Waals surface area contributed by atoms with Crippen molar-refractivity contribution in [3.05, 3.63) is 29.8 Å². The van der Waals surface area contributed by atoms with Gasteiger partial charge >= 0.3 is 6.18 Å². The maximum absolute atomic E-state index is 12.7. The topological polar surface area (TPSA) is 29.3 Å². The van der Waals surface area contributed by atoms with Gasteiger partial charge in [0.1, 0.15) is 6.54 Å². The highest BCUT2D eigenvalue weighted by Gasteiger charge is 2.33. The third kappa shape index (κ3) is 4.42. The molecule has 0 amide bonds. The van der Waals surface area contributed by atoms with Crippen molar-refractivity contribution in [3.8, 4) is 0 Å². The van der Waals surface area contributed by atoms with E-state index < -0.39 is 12.7 Å². The summed E-state index contributed by atoms with van der Waals surface area (Å²) in [7, 11) is 0. The molecule has 2 N–H and O–H groups in total. The van der Waals surface area contributed by atoms with E-state index in [1.807, 2.05) is 6.92 Å². The molecule has 19 heavy (non-hydrogen) atoms. The van der Waals surface area contributed by atoms with Crippen LogP contribution in [0.4, 0.5) is 18.9 Å². The van der Waals surface area contributed by atoms with Crippen LogP contribution >= 0.6 is 0 Å². The first-order valence-electron chi connectivity index (χ1n) is 6.44. The SMILES string of the molecule is CCC(N)c1ccccc1N(CC(F)(F)F)C(C)C. The average Bonchev–Trinajstić information content (AvgIpc) is 2.33. The minimum Gasteiger partial charge on any atom is -0.360 e. The Morgan fingerprint density at radius 3 is 2.26 bits per heavy atom. The van der Waals surface area contributed by atoms with Gasteiger partial charge in [0.2, 0.25) is 0 Å². The summed E-state index contributed by atoms with van der Waals surface area (Å²) in [6.07, 6.45) is -3.54. The average molecular weight is 274 g/mol. The van der Waals surface area contributed by atoms with Crippen molar-refractivity contribution >= 4 is 5.69 Å². The van der Waals surface area contributed by atoms with Gasteiger partial charge in [-0.2, -0.15) is 13.2 Å². The number of nitrogens with zero attached hydrogens (tertiary/aromatic N) is 1. The summed E-state index contributed by atoms with van der Waals surface area (Å²) in [5.74, 6) is 0. The van der Waals surface area contributed by atoms with Gasteiger partial charge in [-0.3, -0.25) is 0 Å². The lowest BCUT2D eigenvalue weighted by Gasteiger charge is -2.32. The summed E-state index contributed by atoms with van der Waals surface area (Å²) in [5, 5.41) is 0. The van der Waals surface area contributed by atoms with E-state index in [0.717, 1.165) is 5.56 Å². The zero-order valence-electron chi connectivity index (χ0n) is 11.5. The minimum atomic E-state index is -4.23. The molecule has 1 rings (SSSR count). The van der Waals surface area contributed by atoms with Gasteiger partial charge in [-0.15, -0.1) is 0 Å². The van der Waals surface area contributed by atoms with Gasteiger partial charge in [0.05, 0.1) is 0 Å². The maximum Gasteiger partial charge on any atom is 0.405 e. The van der Waals surface area contributed by atoms with E-state index in [4.69, 9.17) is 5.73 Å². The Kier molecular flexibility index (Phi) is 5.23. The molecule has 0 spiro atoms. The molecule has 108 valence electrons. The molecule has 0 radical (unpaired) electrons. The largest absolute Gasteiger partial charge is 0.405 e. The van der Waals surface area contributed by atoms with Gasteiger partial charge < -0.3 is 10.6 Å². The van der Waals surface area contributed by atoms with Crippen LogP contribution in [0.2, 0.25) is 0 Å². The lowest BCUT2D eigenvalue weighted by molar-refractivity contribution is -0.120. The molecule has 0 fully saturated rings. The van der Waals surface area contributed by atoms with Crippen LogP contribution in [0.15, 0.2) is 24.3 Å². The molecule has 2 nitrogen and oxygen atoms in total. The smallest absolute Gasteiger partial charge is 0.360 e. The number of rotatable bonds is 5. The predicted octanol–water partition coefficient (Wildman–Crippen LogP) is 3.87. The second-order valence-corrected chi connectivity index (χ2v) is 4.91. The van der Waals surface area contributed by atoms with E-state index in [0.29, 0.717) is 12.1 Å². The molecule has 1 aromatic carbocycles. The summed E-state index contributed by atoms with van der Waals surface area (Å²) in [5.41, 5.74) is 7.33. The molecule has 0 saturated heterocycles. The molecule has 0 aliphatic carbocycles. The number of hydrogen-bond acceptors (Lipinski definition) is 2. The molecule has 0 aliphatic rings. The van der Waals surface area contributed by atoms with Gasteiger partial charge in [-0.25, -0.2) is 0 Å². The molecule has 0 aliphatic heterocycles. The highest BCUT2D eigenvalue weighted by atomic mass is 19.4. The zero-order valence-corrected chi connectivity index (χ0v) is 11.5. The van der Waals surface area contributed by atoms with E-state index in [1.165, 1.54) is 4.90 Å². The fraction of sp³-hybridized carbons (Fsp3) is 0.571. The minimum absolute atomic E-state index is 0.244. The standard InChI is InChI=1S/C14H21F3N2/c1-4-12(18)11-7-5-6-8-13(11)19(10(2)3)9-14(15,16)17/h5-8,10,12H,4,9,18H2,1-3H3. The highest BCUT2D eigenvalue weighted by molar-refractivity contribution is 5.55. The number of alkyl halides is 3. The molecule has 0 heterocycles. The summed E-state index contributed by atoms with van der Waals surface area (Å²) in [6, 6.07) is 6.57. The summed E-state index contributed by atoms with van der Waals surface area (Å²) in [6.45, 7) is 4.46. The number of hydrogen-bond donors (Lipinski definition) is 1. The lowest BCUT2D eigenvalue weighted by Crippen LogP contribution is -2.40. The first kappa shape index (κ1) is 15.8. The predicted molar refractivity (Wildman–Crippen MR) is 72.2 cm³/mol. The number of para-hydroxylation sites is 1. The summed E-state index contributed by atoms with van der Waals surface area (Å²) >= 11 is 0. The zero-order chi connectivity index (χ0) is 14.6. The van der Waals surface area contributed by atoms with E-state index in [2.05, 4.69) is 0 Å². The maximum atomic E-state index is 12.7. The van der Waals surface area contributed by atoms with E-state index in [-0.39, 0.29) is 12.1 Å². The Morgan fingerprint density at radius 2 is 1.79 bits per heavy atom. The number of halogens is 3. The Balaban J connectivity index is 3.16. The molecule has 5 heteroatoms. The highest BCUT2D eigenvalue weighted by Crippen LogP contribution is 2.30. The Morgan fingerprint density at radius 1 is 1.21 bits per heavy atom. The molecular formula is C14H21F3N2. The fourth-order valence-corrected chi connectivity index (χ4v) is 2.02. The Hall–Kier alpha value is -1.23. The van der Waals surface area contributed by atoms with Crippen LogP contribution in [0.3, 0.4) is 0 Å². The third-order valence-electron chi connectivity index (χ3n) is 3.06. The molecule has 1 atom stereocenters. The summed E-state index contributed by atoms with van der Waals surface area (Å²) in [4.78, 5) is 1.35. The fourth-order valence-electron chi connectivity index (χ4n) is 2.02. The van der Waals surface area contributed by atoms with Gasteiger partial charge in [0, 0.05) is 17.8 Å². The van der Waals surface area contributed by atoms with Gasteiger partial charge in [0.25, 0.3) is 0 Å². The third-order valence-corrected chi connectivity index (χ3v) is 3.06. The van der Waals surface area contributed by atoms with Crippen molar-refractivity contribution in [2.45, 2.75) is 45.5 Å². The summed E-state index contributed by atoms with van der Waals surface area (Å²) < 4.78 is 38.1. The van der Waals surface area contributed by atoms with Gasteiger partial charge in [-0.05, 0) is 31.9 Å². The Bertz CT molecular complexity index is 402. The van der Waals surface area contributed by atoms with E-state index in [9.17, 15) is 13.2 Å². The first-order chi connectivity index (χ1) is 8.76. The van der Waals surface area contributed by atoms with Crippen LogP contribution in [0.25, 0.3) is 0 Å². The van der Waals surface area contributed by atoms with Crippen LogP contribution in [-0.4, -0.2) is 18.8 Å². The van der Waals surface area contributed by atoms with Crippen molar-refractivity contribution in [1.29, 1.82) is 0 Å². The molecule has 1 aromatic rings. The Labute approximate surface area is 112 Å². The monoisotopic (exact) mass is 274 g/mol. The second-order valence-electron chi connectivity index (χ2n) is 4.91. The van der Waals surface area contributed by atoms with Crippen molar-refractivity contribution in [2.24, 2.45) is 5.73 Å². The molecule has 0 bridgehead atoms. The van der Waals surface area contributed by atoms with Gasteiger partial charge in [-0.1, -0.05) is 25.1 Å². The number of anilines is 1. The van der Waals surface area contributed by atoms with Crippen LogP contribution < -0.4 is 10.6 Å². The molecule has 0 aromatic heterocycles. The van der Waals surface area contributed by atoms with Crippen LogP contribution in [0.5, 0.6) is 0 Å². The quantitative estimate of drug-likeness (QED) is 0.883. The number of nitrogens with two attached hydrogens (primary N) is 1. The van der Waals surface area contributed by atoms with Crippen molar-refractivity contribution in [1.82, 2.24) is 0 Å². The van der Waals surface area contributed by atoms with Crippen LogP contribution in [0, 0.1) is 0 Å². The van der Waals surface area contributed by atoms with E-state index >= 15 is 0 Å². The van der Waals surface area contributed by atoms with Crippen molar-refractivity contribution in [3.63, 3.8) is 0 Å². The van der Waals surface area contributed by atoms with Crippen LogP contribution in [0.1, 0.15) is 38.8 Å². The van der Waals surface area contributed by atoms with Crippen molar-refractivity contribution < 1.29 is 13.2 Å².